The Morgan fingerprint density at radius 3 is 1.94 bits per heavy atom. The Kier molecular flexibility index (Phi) is 9.07. The van der Waals surface area contributed by atoms with Crippen LogP contribution in [-0.4, -0.2) is 36.6 Å². The van der Waals surface area contributed by atoms with Gasteiger partial charge in [-0.2, -0.15) is 0 Å². The zero-order chi connectivity index (χ0) is 12.5. The highest BCUT2D eigenvalue weighted by Gasteiger charge is 2.08. The van der Waals surface area contributed by atoms with Gasteiger partial charge in [0.15, 0.2) is 0 Å². The molecule has 0 aromatic heterocycles. The molecule has 1 aromatic rings. The molecule has 0 fully saturated rings. The van der Waals surface area contributed by atoms with E-state index in [2.05, 4.69) is 5.18 Å². The Morgan fingerprint density at radius 1 is 1.06 bits per heavy atom. The van der Waals surface area contributed by atoms with Gasteiger partial charge in [-0.15, -0.1) is 22.5 Å². The van der Waals surface area contributed by atoms with Crippen molar-refractivity contribution in [2.24, 2.45) is 5.18 Å². The molecule has 0 aliphatic heterocycles. The minimum atomic E-state index is -0.160. The second-order valence-corrected chi connectivity index (χ2v) is 2.98. The van der Waals surface area contributed by atoms with Gasteiger partial charge in [-0.05, 0) is 29.4 Å². The van der Waals surface area contributed by atoms with Gasteiger partial charge < -0.3 is 10.2 Å². The van der Waals surface area contributed by atoms with Crippen LogP contribution in [0.5, 0.6) is 0 Å². The summed E-state index contributed by atoms with van der Waals surface area (Å²) < 4.78 is 0. The predicted octanol–water partition coefficient (Wildman–Crippen LogP) is 1.16. The van der Waals surface area contributed by atoms with Crippen LogP contribution in [0, 0.1) is 4.91 Å². The van der Waals surface area contributed by atoms with Crippen LogP contribution >= 0.6 is 12.4 Å². The van der Waals surface area contributed by atoms with E-state index in [1.54, 1.807) is 12.1 Å². The molecule has 0 spiro atoms. The van der Waals surface area contributed by atoms with Crippen molar-refractivity contribution < 1.29 is 19.9 Å². The number of nitroso groups, excluding NO2 is 1. The summed E-state index contributed by atoms with van der Waals surface area (Å²) in [5.41, 5.74) is 0.817. The number of benzene rings is 1. The third-order valence-electron chi connectivity index (χ3n) is 1.77. The summed E-state index contributed by atoms with van der Waals surface area (Å²) in [6, 6.07) is 6.15. The lowest BCUT2D eigenvalue weighted by molar-refractivity contribution is -0.103. The van der Waals surface area contributed by atoms with E-state index in [0.717, 1.165) is 5.23 Å². The Morgan fingerprint density at radius 2 is 1.56 bits per heavy atom. The lowest BCUT2D eigenvalue weighted by Crippen LogP contribution is -2.26. The molecule has 0 aliphatic carbocycles. The van der Waals surface area contributed by atoms with Crippen LogP contribution in [0.4, 0.5) is 11.4 Å². The molecule has 18 heavy (non-hydrogen) atoms. The van der Waals surface area contributed by atoms with Crippen molar-refractivity contribution in [3.8, 4) is 0 Å². The van der Waals surface area contributed by atoms with Gasteiger partial charge in [0, 0.05) is 0 Å². The van der Waals surface area contributed by atoms with Crippen LogP contribution in [0.3, 0.4) is 0 Å². The number of hydrogen-bond acceptors (Lipinski definition) is 7. The number of nitrogens with zero attached hydrogens (tertiary/aromatic N) is 2. The fraction of sp³-hybridized carbons (Fsp3) is 0.400. The first kappa shape index (κ1) is 16.8. The molecule has 0 atom stereocenters. The van der Waals surface area contributed by atoms with Gasteiger partial charge in [-0.3, -0.25) is 0 Å². The van der Waals surface area contributed by atoms with E-state index in [9.17, 15) is 4.91 Å². The van der Waals surface area contributed by atoms with Crippen LogP contribution in [0.25, 0.3) is 0 Å². The van der Waals surface area contributed by atoms with Crippen molar-refractivity contribution in [1.29, 1.82) is 0 Å². The molecule has 0 aliphatic rings. The van der Waals surface area contributed by atoms with Crippen molar-refractivity contribution in [2.75, 3.05) is 31.7 Å². The first-order chi connectivity index (χ1) is 8.31. The quantitative estimate of drug-likeness (QED) is 0.548. The topological polar surface area (TPSA) is 91.6 Å². The minimum absolute atomic E-state index is 0. The number of hydrogen-bond donors (Lipinski definition) is 2. The summed E-state index contributed by atoms with van der Waals surface area (Å²) >= 11 is 0. The van der Waals surface area contributed by atoms with Crippen LogP contribution in [0.15, 0.2) is 29.4 Å². The third-order valence-corrected chi connectivity index (χ3v) is 1.77. The number of aliphatic hydroxyl groups is 2. The van der Waals surface area contributed by atoms with Crippen LogP contribution < -0.4 is 5.23 Å². The van der Waals surface area contributed by atoms with E-state index in [1.807, 2.05) is 0 Å². The standard InChI is InChI=1S/C10H14N2O5.ClH/c13-5-7-16-12(17-8-6-14)10-3-1-9(11-15)2-4-10;/h1-4,13-14H,5-8H2;1H. The highest BCUT2D eigenvalue weighted by molar-refractivity contribution is 5.85. The maximum atomic E-state index is 10.2. The summed E-state index contributed by atoms with van der Waals surface area (Å²) in [4.78, 5) is 20.4. The molecule has 1 rings (SSSR count). The Labute approximate surface area is 110 Å². The molecular weight excluding hydrogens is 264 g/mol. The third kappa shape index (κ3) is 5.39. The van der Waals surface area contributed by atoms with Crippen LogP contribution in [0.1, 0.15) is 0 Å². The summed E-state index contributed by atoms with van der Waals surface area (Å²) in [5, 5.41) is 21.1. The smallest absolute Gasteiger partial charge is 0.108 e. The lowest BCUT2D eigenvalue weighted by atomic mass is 10.3. The van der Waals surface area contributed by atoms with E-state index >= 15 is 0 Å². The Bertz CT molecular complexity index is 328. The molecule has 102 valence electrons. The van der Waals surface area contributed by atoms with Crippen molar-refractivity contribution >= 4 is 23.8 Å². The van der Waals surface area contributed by atoms with E-state index in [-0.39, 0.29) is 44.5 Å². The zero-order valence-corrected chi connectivity index (χ0v) is 10.4. The average Bonchev–Trinajstić information content (AvgIpc) is 2.39. The second kappa shape index (κ2) is 9.75. The number of aliphatic hydroxyl groups excluding tert-OH is 2. The first-order valence-corrected chi connectivity index (χ1v) is 5.03. The molecule has 0 bridgehead atoms. The first-order valence-electron chi connectivity index (χ1n) is 5.03. The molecule has 0 amide bonds. The lowest BCUT2D eigenvalue weighted by Gasteiger charge is -2.21. The Balaban J connectivity index is 0.00000289. The molecule has 2 N–H and O–H groups in total. The maximum absolute atomic E-state index is 10.2. The fourth-order valence-electron chi connectivity index (χ4n) is 1.07. The fourth-order valence-corrected chi connectivity index (χ4v) is 1.07. The maximum Gasteiger partial charge on any atom is 0.108 e. The normalized spacial score (nSPS) is 9.67. The van der Waals surface area contributed by atoms with Gasteiger partial charge in [0.2, 0.25) is 0 Å². The van der Waals surface area contributed by atoms with Crippen molar-refractivity contribution in [2.45, 2.75) is 0 Å². The van der Waals surface area contributed by atoms with E-state index < -0.39 is 0 Å². The van der Waals surface area contributed by atoms with Gasteiger partial charge in [-0.25, -0.2) is 9.68 Å². The van der Waals surface area contributed by atoms with Crippen molar-refractivity contribution in [3.05, 3.63) is 29.2 Å². The molecule has 0 saturated carbocycles. The van der Waals surface area contributed by atoms with Crippen LogP contribution in [0.2, 0.25) is 0 Å². The molecule has 7 nitrogen and oxygen atoms in total. The number of halogens is 1. The summed E-state index contributed by atoms with van der Waals surface area (Å²) in [6.45, 7) is -0.210. The van der Waals surface area contributed by atoms with Gasteiger partial charge in [0.25, 0.3) is 0 Å². The van der Waals surface area contributed by atoms with E-state index in [4.69, 9.17) is 19.9 Å². The molecule has 1 aromatic carbocycles. The van der Waals surface area contributed by atoms with Crippen molar-refractivity contribution in [3.63, 3.8) is 0 Å². The molecule has 0 radical (unpaired) electrons. The largest absolute Gasteiger partial charge is 0.394 e. The summed E-state index contributed by atoms with van der Waals surface area (Å²) in [5.74, 6) is 0. The minimum Gasteiger partial charge on any atom is -0.394 e. The highest BCUT2D eigenvalue weighted by atomic mass is 35.5. The zero-order valence-electron chi connectivity index (χ0n) is 9.56. The van der Waals surface area contributed by atoms with Gasteiger partial charge in [-0.1, -0.05) is 0 Å². The summed E-state index contributed by atoms with van der Waals surface area (Å²) in [7, 11) is 0. The van der Waals surface area contributed by atoms with E-state index in [1.165, 1.54) is 12.1 Å². The second-order valence-electron chi connectivity index (χ2n) is 2.98. The molecule has 0 saturated heterocycles. The Hall–Kier alpha value is -1.25. The summed E-state index contributed by atoms with van der Waals surface area (Å²) in [6.07, 6.45) is 0. The molecule has 0 heterocycles. The number of anilines is 1. The molecular formula is C10H15ClN2O5. The highest BCUT2D eigenvalue weighted by Crippen LogP contribution is 2.20. The van der Waals surface area contributed by atoms with Gasteiger partial charge in [0.05, 0.1) is 18.9 Å². The molecule has 0 unspecified atom stereocenters. The predicted molar refractivity (Wildman–Crippen MR) is 67.7 cm³/mol. The van der Waals surface area contributed by atoms with Gasteiger partial charge in [0.1, 0.15) is 18.9 Å². The van der Waals surface area contributed by atoms with Crippen LogP contribution in [-0.2, 0) is 9.68 Å². The average molecular weight is 279 g/mol. The monoisotopic (exact) mass is 278 g/mol. The SMILES string of the molecule is Cl.O=Nc1ccc(N(OCCO)OCCO)cc1. The van der Waals surface area contributed by atoms with Gasteiger partial charge >= 0.3 is 0 Å². The molecule has 8 heteroatoms. The van der Waals surface area contributed by atoms with Crippen molar-refractivity contribution in [1.82, 2.24) is 0 Å². The number of rotatable bonds is 8. The van der Waals surface area contributed by atoms with E-state index in [0.29, 0.717) is 5.69 Å².